The van der Waals surface area contributed by atoms with Crippen molar-refractivity contribution in [2.75, 3.05) is 39.8 Å². The van der Waals surface area contributed by atoms with Crippen molar-refractivity contribution in [1.82, 2.24) is 5.32 Å². The number of anilines is 1. The van der Waals surface area contributed by atoms with E-state index in [1.54, 1.807) is 25.3 Å². The fourth-order valence-electron chi connectivity index (χ4n) is 4.19. The molecule has 3 aromatic rings. The number of ether oxygens (including phenoxy) is 2. The smallest absolute Gasteiger partial charge is 0.325 e. The molecule has 3 rings (SSSR count). The fraction of sp³-hybridized carbons (Fsp3) is 0.290. The van der Waals surface area contributed by atoms with Gasteiger partial charge in [0.25, 0.3) is 5.91 Å². The largest absolute Gasteiger partial charge is 0.496 e. The second-order valence-corrected chi connectivity index (χ2v) is 9.58. The molecule has 8 heteroatoms. The Morgan fingerprint density at radius 3 is 2.13 bits per heavy atom. The highest BCUT2D eigenvalue weighted by molar-refractivity contribution is 6.39. The topological polar surface area (TPSA) is 67.9 Å². The van der Waals surface area contributed by atoms with Gasteiger partial charge in [-0.1, -0.05) is 72.6 Å². The number of allylic oxidation sites excluding steroid dienone is 1. The van der Waals surface area contributed by atoms with Gasteiger partial charge >= 0.3 is 5.97 Å². The molecule has 0 heterocycles. The summed E-state index contributed by atoms with van der Waals surface area (Å²) in [4.78, 5) is 24.6. The van der Waals surface area contributed by atoms with Crippen LogP contribution >= 0.6 is 23.2 Å². The zero-order valence-corrected chi connectivity index (χ0v) is 25.0. The standard InChI is InChI=1S/C21H27NO.C10H9Cl2NO3/c1-7-16-15(3)13-14-19(21(16)23-6)17(8-2)18-11-9-10-12-20(18)22(4)5;1-16-8(14)5-13-10(15)9-6(11)3-2-4-7(9)12/h8-14H,7H2,1-6H3;2-4H,5H2,1H3,(H,13,15)/b17-8+;. The van der Waals surface area contributed by atoms with Crippen LogP contribution in [0.4, 0.5) is 5.69 Å². The predicted molar refractivity (Wildman–Crippen MR) is 161 cm³/mol. The van der Waals surface area contributed by atoms with E-state index in [1.807, 2.05) is 0 Å². The summed E-state index contributed by atoms with van der Waals surface area (Å²) in [6, 6.07) is 17.6. The van der Waals surface area contributed by atoms with Gasteiger partial charge in [0, 0.05) is 30.9 Å². The highest BCUT2D eigenvalue weighted by Gasteiger charge is 2.18. The van der Waals surface area contributed by atoms with E-state index in [-0.39, 0.29) is 22.2 Å². The lowest BCUT2D eigenvalue weighted by Crippen LogP contribution is -2.30. The Labute approximate surface area is 241 Å². The molecule has 0 aromatic heterocycles. The number of amides is 1. The third-order valence-corrected chi connectivity index (χ3v) is 6.75. The molecular formula is C31H36Cl2N2O4. The summed E-state index contributed by atoms with van der Waals surface area (Å²) < 4.78 is 10.2. The second kappa shape index (κ2) is 15.2. The maximum Gasteiger partial charge on any atom is 0.325 e. The van der Waals surface area contributed by atoms with Crippen LogP contribution in [-0.2, 0) is 16.0 Å². The summed E-state index contributed by atoms with van der Waals surface area (Å²) in [7, 11) is 7.16. The minimum atomic E-state index is -0.545. The molecule has 0 atom stereocenters. The van der Waals surface area contributed by atoms with Crippen LogP contribution in [0.1, 0.15) is 46.5 Å². The number of carbonyl (C=O) groups excluding carboxylic acids is 2. The molecule has 0 saturated carbocycles. The number of nitrogens with zero attached hydrogens (tertiary/aromatic N) is 1. The molecule has 1 amide bonds. The molecule has 39 heavy (non-hydrogen) atoms. The lowest BCUT2D eigenvalue weighted by molar-refractivity contribution is -0.139. The Morgan fingerprint density at radius 1 is 0.949 bits per heavy atom. The molecule has 0 aliphatic carbocycles. The number of halogens is 2. The summed E-state index contributed by atoms with van der Waals surface area (Å²) in [6.07, 6.45) is 3.14. The lowest BCUT2D eigenvalue weighted by Gasteiger charge is -2.22. The van der Waals surface area contributed by atoms with E-state index >= 15 is 0 Å². The van der Waals surface area contributed by atoms with E-state index < -0.39 is 11.9 Å². The van der Waals surface area contributed by atoms with Gasteiger partial charge in [-0.05, 0) is 55.2 Å². The van der Waals surface area contributed by atoms with E-state index in [4.69, 9.17) is 27.9 Å². The first-order valence-corrected chi connectivity index (χ1v) is 13.3. The van der Waals surface area contributed by atoms with Gasteiger partial charge in [-0.25, -0.2) is 0 Å². The number of carbonyl (C=O) groups is 2. The molecule has 6 nitrogen and oxygen atoms in total. The quantitative estimate of drug-likeness (QED) is 0.296. The van der Waals surface area contributed by atoms with Crippen LogP contribution in [0.15, 0.2) is 60.7 Å². The van der Waals surface area contributed by atoms with Crippen molar-refractivity contribution >= 4 is 46.3 Å². The number of hydrogen-bond donors (Lipinski definition) is 1. The first kappa shape index (κ1) is 31.7. The zero-order valence-electron chi connectivity index (χ0n) is 23.5. The van der Waals surface area contributed by atoms with Gasteiger partial charge < -0.3 is 19.7 Å². The van der Waals surface area contributed by atoms with E-state index in [0.717, 1.165) is 17.7 Å². The van der Waals surface area contributed by atoms with E-state index in [1.165, 1.54) is 35.1 Å². The monoisotopic (exact) mass is 570 g/mol. The van der Waals surface area contributed by atoms with Crippen LogP contribution < -0.4 is 15.0 Å². The number of aryl methyl sites for hydroxylation is 1. The van der Waals surface area contributed by atoms with Crippen LogP contribution in [-0.4, -0.2) is 46.7 Å². The van der Waals surface area contributed by atoms with E-state index in [2.05, 4.69) is 92.3 Å². The number of rotatable bonds is 8. The second-order valence-electron chi connectivity index (χ2n) is 8.76. The minimum absolute atomic E-state index is 0.148. The van der Waals surface area contributed by atoms with Gasteiger partial charge in [0.1, 0.15) is 12.3 Å². The number of nitrogens with one attached hydrogen (secondary N) is 1. The maximum atomic E-state index is 11.6. The van der Waals surface area contributed by atoms with E-state index in [0.29, 0.717) is 0 Å². The Hall–Kier alpha value is -3.48. The van der Waals surface area contributed by atoms with E-state index in [9.17, 15) is 9.59 Å². The molecule has 0 aliphatic heterocycles. The Morgan fingerprint density at radius 2 is 1.59 bits per heavy atom. The molecule has 0 spiro atoms. The van der Waals surface area contributed by atoms with Crippen molar-refractivity contribution in [2.24, 2.45) is 0 Å². The summed E-state index contributed by atoms with van der Waals surface area (Å²) in [5.74, 6) is -0.0633. The van der Waals surface area contributed by atoms with Crippen LogP contribution in [0.5, 0.6) is 5.75 Å². The number of esters is 1. The van der Waals surface area contributed by atoms with Crippen LogP contribution in [0.3, 0.4) is 0 Å². The number of hydrogen-bond acceptors (Lipinski definition) is 5. The summed E-state index contributed by atoms with van der Waals surface area (Å²) >= 11 is 11.6. The maximum absolute atomic E-state index is 11.6. The van der Waals surface area contributed by atoms with Crippen molar-refractivity contribution in [1.29, 1.82) is 0 Å². The van der Waals surface area contributed by atoms with Gasteiger partial charge in [0.05, 0.1) is 29.8 Å². The molecule has 0 aliphatic rings. The van der Waals surface area contributed by atoms with Crippen molar-refractivity contribution in [3.63, 3.8) is 0 Å². The molecule has 0 saturated heterocycles. The van der Waals surface area contributed by atoms with Gasteiger partial charge in [-0.15, -0.1) is 0 Å². The minimum Gasteiger partial charge on any atom is -0.496 e. The average molecular weight is 572 g/mol. The van der Waals surface area contributed by atoms with Crippen LogP contribution in [0, 0.1) is 6.92 Å². The van der Waals surface area contributed by atoms with Gasteiger partial charge in [0.2, 0.25) is 0 Å². The molecule has 208 valence electrons. The number of benzene rings is 3. The molecule has 0 fully saturated rings. The lowest BCUT2D eigenvalue weighted by atomic mass is 9.91. The SMILES string of the molecule is C/C=C(\c1ccccc1N(C)C)c1ccc(C)c(CC)c1OC.COC(=O)CNC(=O)c1c(Cl)cccc1Cl. The molecule has 3 aromatic carbocycles. The Balaban J connectivity index is 0.000000293. The predicted octanol–water partition coefficient (Wildman–Crippen LogP) is 6.98. The highest BCUT2D eigenvalue weighted by Crippen LogP contribution is 2.38. The molecule has 1 N–H and O–H groups in total. The zero-order chi connectivity index (χ0) is 29.1. The Bertz CT molecular complexity index is 1320. The van der Waals surface area contributed by atoms with Gasteiger partial charge in [0.15, 0.2) is 0 Å². The molecule has 0 radical (unpaired) electrons. The van der Waals surface area contributed by atoms with Crippen molar-refractivity contribution in [3.05, 3.63) is 98.5 Å². The van der Waals surface area contributed by atoms with Crippen molar-refractivity contribution in [3.8, 4) is 5.75 Å². The first-order valence-electron chi connectivity index (χ1n) is 12.5. The summed E-state index contributed by atoms with van der Waals surface area (Å²) in [6.45, 7) is 6.19. The summed E-state index contributed by atoms with van der Waals surface area (Å²) in [5.41, 5.74) is 7.52. The normalized spacial score (nSPS) is 10.7. The molecule has 0 bridgehead atoms. The first-order chi connectivity index (χ1) is 18.6. The third kappa shape index (κ3) is 8.01. The fourth-order valence-corrected chi connectivity index (χ4v) is 4.76. The molecule has 0 unspecified atom stereocenters. The van der Waals surface area contributed by atoms with Gasteiger partial charge in [-0.2, -0.15) is 0 Å². The van der Waals surface area contributed by atoms with Crippen LogP contribution in [0.25, 0.3) is 5.57 Å². The average Bonchev–Trinajstić information content (AvgIpc) is 2.93. The highest BCUT2D eigenvalue weighted by atomic mass is 35.5. The molecular weight excluding hydrogens is 535 g/mol. The number of para-hydroxylation sites is 1. The Kier molecular flexibility index (Phi) is 12.4. The van der Waals surface area contributed by atoms with Gasteiger partial charge in [-0.3, -0.25) is 9.59 Å². The number of methoxy groups -OCH3 is 2. The van der Waals surface area contributed by atoms with Crippen molar-refractivity contribution < 1.29 is 19.1 Å². The summed E-state index contributed by atoms with van der Waals surface area (Å²) in [5, 5.41) is 2.81. The van der Waals surface area contributed by atoms with Crippen LogP contribution in [0.2, 0.25) is 10.0 Å². The van der Waals surface area contributed by atoms with Crippen molar-refractivity contribution in [2.45, 2.75) is 27.2 Å². The third-order valence-electron chi connectivity index (χ3n) is 6.12.